The number of rotatable bonds is 3. The van der Waals surface area contributed by atoms with Gasteiger partial charge in [-0.25, -0.2) is 8.78 Å². The van der Waals surface area contributed by atoms with Crippen LogP contribution in [0, 0.1) is 0 Å². The number of aliphatic hydroxyl groups is 1. The number of aliphatic hydroxyl groups excluding tert-OH is 1. The van der Waals surface area contributed by atoms with E-state index in [0.717, 1.165) is 0 Å². The summed E-state index contributed by atoms with van der Waals surface area (Å²) in [6, 6.07) is 0. The largest absolute Gasteiger partial charge is 0.382 e. The van der Waals surface area contributed by atoms with Crippen LogP contribution < -0.4 is 0 Å². The van der Waals surface area contributed by atoms with Crippen LogP contribution in [0.25, 0.3) is 0 Å². The first-order valence-corrected chi connectivity index (χ1v) is 4.92. The average molecular weight is 239 g/mol. The van der Waals surface area contributed by atoms with E-state index in [-0.39, 0.29) is 16.6 Å². The van der Waals surface area contributed by atoms with Crippen LogP contribution >= 0.6 is 11.6 Å². The Hall–Kier alpha value is -0.680. The first-order valence-electron chi connectivity index (χ1n) is 4.54. The first-order chi connectivity index (χ1) is 6.86. The monoisotopic (exact) mass is 238 g/mol. The number of hydrogen-bond acceptors (Lipinski definition) is 2. The topological polar surface area (TPSA) is 38.0 Å². The Morgan fingerprint density at radius 2 is 1.93 bits per heavy atom. The summed E-state index contributed by atoms with van der Waals surface area (Å²) in [5.74, 6) is -0.0629. The van der Waals surface area contributed by atoms with Crippen molar-refractivity contribution in [1.29, 1.82) is 0 Å². The van der Waals surface area contributed by atoms with Crippen molar-refractivity contribution in [1.82, 2.24) is 9.78 Å². The fraction of sp³-hybridized carbons (Fsp3) is 0.667. The Kier molecular flexibility index (Phi) is 3.67. The number of aromatic nitrogens is 2. The molecule has 1 heterocycles. The van der Waals surface area contributed by atoms with Crippen LogP contribution in [0.4, 0.5) is 8.78 Å². The lowest BCUT2D eigenvalue weighted by Gasteiger charge is -2.11. The lowest BCUT2D eigenvalue weighted by atomic mass is 10.0. The van der Waals surface area contributed by atoms with Crippen LogP contribution in [0.2, 0.25) is 5.15 Å². The summed E-state index contributed by atoms with van der Waals surface area (Å²) >= 11 is 5.80. The minimum absolute atomic E-state index is 0.0316. The molecule has 0 radical (unpaired) electrons. The lowest BCUT2D eigenvalue weighted by Crippen LogP contribution is -2.10. The summed E-state index contributed by atoms with van der Waals surface area (Å²) in [7, 11) is 1.55. The molecule has 0 aliphatic heterocycles. The van der Waals surface area contributed by atoms with Crippen LogP contribution in [0.1, 0.15) is 37.1 Å². The fourth-order valence-electron chi connectivity index (χ4n) is 1.37. The Bertz CT molecular complexity index is 352. The van der Waals surface area contributed by atoms with Gasteiger partial charge >= 0.3 is 0 Å². The zero-order valence-corrected chi connectivity index (χ0v) is 9.46. The smallest absolute Gasteiger partial charge is 0.268 e. The van der Waals surface area contributed by atoms with Gasteiger partial charge in [0, 0.05) is 12.6 Å². The molecule has 0 aromatic carbocycles. The zero-order valence-electron chi connectivity index (χ0n) is 8.71. The molecular formula is C9H13ClF2N2O. The van der Waals surface area contributed by atoms with Crippen LogP contribution in [-0.2, 0) is 7.05 Å². The maximum atomic E-state index is 12.4. The van der Waals surface area contributed by atoms with Gasteiger partial charge < -0.3 is 5.11 Å². The molecule has 1 rings (SSSR count). The summed E-state index contributed by atoms with van der Waals surface area (Å²) in [5.41, 5.74) is 0.444. The highest BCUT2D eigenvalue weighted by Gasteiger charge is 2.29. The molecule has 1 unspecified atom stereocenters. The molecule has 0 saturated heterocycles. The Labute approximate surface area is 91.7 Å². The highest BCUT2D eigenvalue weighted by Crippen LogP contribution is 2.33. The van der Waals surface area contributed by atoms with Crippen LogP contribution in [0.3, 0.4) is 0 Å². The summed E-state index contributed by atoms with van der Waals surface area (Å²) in [4.78, 5) is 0. The number of halogens is 3. The van der Waals surface area contributed by atoms with E-state index in [4.69, 9.17) is 11.6 Å². The molecule has 0 amide bonds. The highest BCUT2D eigenvalue weighted by atomic mass is 35.5. The normalized spacial score (nSPS) is 13.9. The van der Waals surface area contributed by atoms with E-state index in [1.165, 1.54) is 4.68 Å². The standard InChI is InChI=1S/C9H13ClF2N2O/c1-4(2)6-5(7(15)9(11)12)8(10)14(3)13-6/h4,7,9,15H,1-3H3. The maximum absolute atomic E-state index is 12.4. The van der Waals surface area contributed by atoms with Gasteiger partial charge in [-0.2, -0.15) is 5.10 Å². The van der Waals surface area contributed by atoms with Gasteiger partial charge in [-0.15, -0.1) is 0 Å². The predicted molar refractivity (Wildman–Crippen MR) is 53.3 cm³/mol. The van der Waals surface area contributed by atoms with Crippen LogP contribution in [0.5, 0.6) is 0 Å². The van der Waals surface area contributed by atoms with Gasteiger partial charge in [-0.05, 0) is 5.92 Å². The van der Waals surface area contributed by atoms with Gasteiger partial charge in [0.1, 0.15) is 11.3 Å². The summed E-state index contributed by atoms with van der Waals surface area (Å²) < 4.78 is 26.1. The Balaban J connectivity index is 3.25. The lowest BCUT2D eigenvalue weighted by molar-refractivity contribution is -0.00634. The van der Waals surface area contributed by atoms with E-state index < -0.39 is 12.5 Å². The van der Waals surface area contributed by atoms with Crippen molar-refractivity contribution >= 4 is 11.6 Å². The van der Waals surface area contributed by atoms with Crippen molar-refractivity contribution in [2.45, 2.75) is 32.3 Å². The van der Waals surface area contributed by atoms with Crippen molar-refractivity contribution in [3.63, 3.8) is 0 Å². The fourth-order valence-corrected chi connectivity index (χ4v) is 1.61. The van der Waals surface area contributed by atoms with E-state index in [2.05, 4.69) is 5.10 Å². The average Bonchev–Trinajstić information content (AvgIpc) is 2.42. The second-order valence-electron chi connectivity index (χ2n) is 3.65. The molecule has 0 fully saturated rings. The van der Waals surface area contributed by atoms with Gasteiger partial charge in [0.15, 0.2) is 0 Å². The minimum Gasteiger partial charge on any atom is -0.382 e. The molecule has 3 nitrogen and oxygen atoms in total. The van der Waals surface area contributed by atoms with Gasteiger partial charge in [0.25, 0.3) is 6.43 Å². The third kappa shape index (κ3) is 2.29. The third-order valence-electron chi connectivity index (χ3n) is 2.12. The van der Waals surface area contributed by atoms with Gasteiger partial charge in [-0.3, -0.25) is 4.68 Å². The molecule has 0 spiro atoms. The molecular weight excluding hydrogens is 226 g/mol. The Morgan fingerprint density at radius 3 is 2.33 bits per heavy atom. The van der Waals surface area contributed by atoms with Gasteiger partial charge in [-0.1, -0.05) is 25.4 Å². The molecule has 1 atom stereocenters. The van der Waals surface area contributed by atoms with Gasteiger partial charge in [0.05, 0.1) is 5.69 Å². The molecule has 0 bridgehead atoms. The molecule has 1 aromatic rings. The van der Waals surface area contributed by atoms with Crippen molar-refractivity contribution in [3.8, 4) is 0 Å². The third-order valence-corrected chi connectivity index (χ3v) is 2.57. The van der Waals surface area contributed by atoms with Crippen molar-refractivity contribution in [2.75, 3.05) is 0 Å². The maximum Gasteiger partial charge on any atom is 0.268 e. The minimum atomic E-state index is -2.86. The first kappa shape index (κ1) is 12.4. The number of alkyl halides is 2. The zero-order chi connectivity index (χ0) is 11.7. The van der Waals surface area contributed by atoms with E-state index >= 15 is 0 Å². The predicted octanol–water partition coefficient (Wildman–Crippen LogP) is 2.50. The molecule has 6 heteroatoms. The molecule has 15 heavy (non-hydrogen) atoms. The molecule has 86 valence electrons. The number of aryl methyl sites for hydroxylation is 1. The van der Waals surface area contributed by atoms with E-state index in [1.54, 1.807) is 20.9 Å². The summed E-state index contributed by atoms with van der Waals surface area (Å²) in [6.45, 7) is 3.61. The van der Waals surface area contributed by atoms with Crippen LogP contribution in [0.15, 0.2) is 0 Å². The highest BCUT2D eigenvalue weighted by molar-refractivity contribution is 6.30. The molecule has 0 aliphatic rings. The second kappa shape index (κ2) is 4.45. The second-order valence-corrected chi connectivity index (χ2v) is 4.01. The van der Waals surface area contributed by atoms with Crippen molar-refractivity contribution in [3.05, 3.63) is 16.4 Å². The quantitative estimate of drug-likeness (QED) is 0.879. The summed E-state index contributed by atoms with van der Waals surface area (Å²) in [5, 5.41) is 13.4. The van der Waals surface area contributed by atoms with Gasteiger partial charge in [0.2, 0.25) is 0 Å². The van der Waals surface area contributed by atoms with E-state index in [0.29, 0.717) is 5.69 Å². The Morgan fingerprint density at radius 1 is 1.40 bits per heavy atom. The van der Waals surface area contributed by atoms with Crippen molar-refractivity contribution in [2.24, 2.45) is 7.05 Å². The number of nitrogens with zero attached hydrogens (tertiary/aromatic N) is 2. The molecule has 1 N–H and O–H groups in total. The van der Waals surface area contributed by atoms with Crippen LogP contribution in [-0.4, -0.2) is 21.3 Å². The van der Waals surface area contributed by atoms with Crippen molar-refractivity contribution < 1.29 is 13.9 Å². The molecule has 0 aliphatic carbocycles. The van der Waals surface area contributed by atoms with E-state index in [1.807, 2.05) is 0 Å². The molecule has 0 saturated carbocycles. The van der Waals surface area contributed by atoms with E-state index in [9.17, 15) is 13.9 Å². The summed E-state index contributed by atoms with van der Waals surface area (Å²) in [6.07, 6.45) is -4.73. The molecule has 1 aromatic heterocycles. The number of hydrogen-bond donors (Lipinski definition) is 1. The SMILES string of the molecule is CC(C)c1nn(C)c(Cl)c1C(O)C(F)F.